The van der Waals surface area contributed by atoms with Gasteiger partial charge in [-0.15, -0.1) is 0 Å². The molecule has 2 aliphatic rings. The van der Waals surface area contributed by atoms with E-state index in [9.17, 15) is 4.79 Å². The predicted molar refractivity (Wildman–Crippen MR) is 108 cm³/mol. The zero-order valence-electron chi connectivity index (χ0n) is 16.9. The molecule has 2 atom stereocenters. The number of halogens is 1. The molecule has 1 amide bonds. The van der Waals surface area contributed by atoms with Crippen LogP contribution in [-0.4, -0.2) is 82.2 Å². The molecule has 1 saturated heterocycles. The van der Waals surface area contributed by atoms with Gasteiger partial charge in [-0.05, 0) is 25.5 Å². The highest BCUT2D eigenvalue weighted by Gasteiger charge is 2.31. The molecule has 0 spiro atoms. The van der Waals surface area contributed by atoms with Gasteiger partial charge in [0.2, 0.25) is 5.75 Å². The Morgan fingerprint density at radius 1 is 1.34 bits per heavy atom. The van der Waals surface area contributed by atoms with Crippen molar-refractivity contribution in [3.8, 4) is 17.2 Å². The van der Waals surface area contributed by atoms with E-state index in [1.54, 1.807) is 13.2 Å². The van der Waals surface area contributed by atoms with Crippen LogP contribution < -0.4 is 19.5 Å². The number of amides is 1. The quantitative estimate of drug-likeness (QED) is 0.649. The Kier molecular flexibility index (Phi) is 7.83. The van der Waals surface area contributed by atoms with E-state index in [-0.39, 0.29) is 24.5 Å². The summed E-state index contributed by atoms with van der Waals surface area (Å²) >= 11 is 6.28. The highest BCUT2D eigenvalue weighted by Crippen LogP contribution is 2.46. The van der Waals surface area contributed by atoms with Gasteiger partial charge in [0.25, 0.3) is 5.91 Å². The summed E-state index contributed by atoms with van der Waals surface area (Å²) < 4.78 is 22.3. The largest absolute Gasteiger partial charge is 0.491 e. The smallest absolute Gasteiger partial charge is 0.255 e. The fraction of sp³-hybridized carbons (Fsp3) is 0.650. The average molecular weight is 429 g/mol. The van der Waals surface area contributed by atoms with E-state index in [2.05, 4.69) is 10.2 Å². The Labute approximate surface area is 176 Å². The number of benzene rings is 1. The Morgan fingerprint density at radius 3 is 2.79 bits per heavy atom. The second-order valence-electron chi connectivity index (χ2n) is 7.21. The van der Waals surface area contributed by atoms with Crippen LogP contribution in [0.3, 0.4) is 0 Å². The van der Waals surface area contributed by atoms with Crippen LogP contribution in [0.4, 0.5) is 0 Å². The van der Waals surface area contributed by atoms with E-state index in [4.69, 9.17) is 35.7 Å². The minimum absolute atomic E-state index is 0.0238. The van der Waals surface area contributed by atoms with E-state index in [0.717, 1.165) is 32.5 Å². The first-order valence-electron chi connectivity index (χ1n) is 9.89. The van der Waals surface area contributed by atoms with Gasteiger partial charge in [0, 0.05) is 39.3 Å². The lowest BCUT2D eigenvalue weighted by Crippen LogP contribution is -2.48. The minimum Gasteiger partial charge on any atom is -0.491 e. The number of rotatable bonds is 8. The van der Waals surface area contributed by atoms with Crippen LogP contribution in [-0.2, 0) is 4.74 Å². The van der Waals surface area contributed by atoms with Gasteiger partial charge in [-0.2, -0.15) is 0 Å². The minimum atomic E-state index is -0.270. The number of carbonyl (C=O) groups is 1. The molecule has 1 aromatic rings. The van der Waals surface area contributed by atoms with E-state index in [1.165, 1.54) is 7.11 Å². The summed E-state index contributed by atoms with van der Waals surface area (Å²) in [5.41, 5.74) is 0.333. The number of nitrogens with one attached hydrogen (secondary N) is 1. The molecule has 0 bridgehead atoms. The Morgan fingerprint density at radius 2 is 2.10 bits per heavy atom. The zero-order chi connectivity index (χ0) is 20.8. The van der Waals surface area contributed by atoms with E-state index in [1.807, 2.05) is 0 Å². The fourth-order valence-corrected chi connectivity index (χ4v) is 4.13. The molecule has 0 radical (unpaired) electrons. The molecule has 1 fully saturated rings. The molecule has 2 heterocycles. The maximum atomic E-state index is 12.9. The molecule has 2 N–H and O–H groups in total. The van der Waals surface area contributed by atoms with Crippen molar-refractivity contribution in [2.45, 2.75) is 18.9 Å². The van der Waals surface area contributed by atoms with Crippen molar-refractivity contribution < 1.29 is 28.8 Å². The first-order chi connectivity index (χ1) is 14.1. The Hall–Kier alpha value is -1.74. The SMILES string of the molecule is COc1c(Cl)cc(C(=O)NC[C@@H]2CCN(CCCO)CC2OC)c2c1OCCO2. The van der Waals surface area contributed by atoms with E-state index in [0.29, 0.717) is 47.6 Å². The maximum absolute atomic E-state index is 12.9. The molecule has 0 aliphatic carbocycles. The number of aliphatic hydroxyl groups is 1. The summed E-state index contributed by atoms with van der Waals surface area (Å²) in [6.07, 6.45) is 1.69. The van der Waals surface area contributed by atoms with E-state index < -0.39 is 0 Å². The normalized spacial score (nSPS) is 21.7. The van der Waals surface area contributed by atoms with Crippen LogP contribution in [0.25, 0.3) is 0 Å². The number of nitrogens with zero attached hydrogens (tertiary/aromatic N) is 1. The Balaban J connectivity index is 1.66. The first-order valence-corrected chi connectivity index (χ1v) is 10.3. The first kappa shape index (κ1) is 22.0. The van der Waals surface area contributed by atoms with Crippen LogP contribution in [0.15, 0.2) is 6.07 Å². The maximum Gasteiger partial charge on any atom is 0.255 e. The number of methoxy groups -OCH3 is 2. The third kappa shape index (κ3) is 5.06. The lowest BCUT2D eigenvalue weighted by atomic mass is 9.93. The highest BCUT2D eigenvalue weighted by atomic mass is 35.5. The van der Waals surface area contributed by atoms with Crippen LogP contribution in [0, 0.1) is 5.92 Å². The van der Waals surface area contributed by atoms with Gasteiger partial charge in [-0.1, -0.05) is 11.6 Å². The summed E-state index contributed by atoms with van der Waals surface area (Å²) in [6.45, 7) is 3.96. The molecule has 1 unspecified atom stereocenters. The number of carbonyl (C=O) groups excluding carboxylic acids is 1. The summed E-state index contributed by atoms with van der Waals surface area (Å²) in [4.78, 5) is 15.2. The number of piperidine rings is 1. The number of hydrogen-bond donors (Lipinski definition) is 2. The van der Waals surface area contributed by atoms with Gasteiger partial charge in [0.15, 0.2) is 11.5 Å². The summed E-state index contributed by atoms with van der Waals surface area (Å²) in [5.74, 6) is 1.03. The fourth-order valence-electron chi connectivity index (χ4n) is 3.86. The van der Waals surface area contributed by atoms with E-state index >= 15 is 0 Å². The van der Waals surface area contributed by atoms with Gasteiger partial charge >= 0.3 is 0 Å². The molecule has 2 aliphatic heterocycles. The molecule has 0 saturated carbocycles. The molecule has 3 rings (SSSR count). The average Bonchev–Trinajstić information content (AvgIpc) is 2.75. The molecule has 162 valence electrons. The third-order valence-electron chi connectivity index (χ3n) is 5.41. The second-order valence-corrected chi connectivity index (χ2v) is 7.61. The molecule has 0 aromatic heterocycles. The summed E-state index contributed by atoms with van der Waals surface area (Å²) in [7, 11) is 3.19. The van der Waals surface area contributed by atoms with Crippen LogP contribution in [0.5, 0.6) is 17.2 Å². The number of ether oxygens (including phenoxy) is 4. The highest BCUT2D eigenvalue weighted by molar-refractivity contribution is 6.33. The van der Waals surface area contributed by atoms with Crippen molar-refractivity contribution in [3.63, 3.8) is 0 Å². The number of hydrogen-bond acceptors (Lipinski definition) is 7. The van der Waals surface area contributed by atoms with Crippen molar-refractivity contribution in [2.24, 2.45) is 5.92 Å². The predicted octanol–water partition coefficient (Wildman–Crippen LogP) is 1.57. The number of aliphatic hydroxyl groups excluding tert-OH is 1. The van der Waals surface area contributed by atoms with Crippen LogP contribution in [0.1, 0.15) is 23.2 Å². The zero-order valence-corrected chi connectivity index (χ0v) is 17.7. The Bertz CT molecular complexity index is 717. The van der Waals surface area contributed by atoms with Gasteiger partial charge in [0.1, 0.15) is 13.2 Å². The molecule has 9 heteroatoms. The summed E-state index contributed by atoms with van der Waals surface area (Å²) in [6, 6.07) is 1.55. The standard InChI is InChI=1S/C20H29ClN2O6/c1-26-16-12-23(5-3-7-24)6-4-13(16)11-22-20(25)14-10-15(21)18(27-2)19-17(14)28-8-9-29-19/h10,13,16,24H,3-9,11-12H2,1-2H3,(H,22,25)/t13-,16?/m0/s1. The molecule has 29 heavy (non-hydrogen) atoms. The van der Waals surface area contributed by atoms with Gasteiger partial charge in [-0.3, -0.25) is 4.79 Å². The van der Waals surface area contributed by atoms with Crippen molar-refractivity contribution in [3.05, 3.63) is 16.7 Å². The van der Waals surface area contributed by atoms with Gasteiger partial charge in [0.05, 0.1) is 23.8 Å². The van der Waals surface area contributed by atoms with Crippen molar-refractivity contribution >= 4 is 17.5 Å². The van der Waals surface area contributed by atoms with Crippen molar-refractivity contribution in [1.29, 1.82) is 0 Å². The molecule has 1 aromatic carbocycles. The van der Waals surface area contributed by atoms with Crippen LogP contribution in [0.2, 0.25) is 5.02 Å². The molecule has 8 nitrogen and oxygen atoms in total. The monoisotopic (exact) mass is 428 g/mol. The van der Waals surface area contributed by atoms with Crippen molar-refractivity contribution in [1.82, 2.24) is 10.2 Å². The number of likely N-dealkylation sites (tertiary alicyclic amines) is 1. The topological polar surface area (TPSA) is 89.5 Å². The molecular weight excluding hydrogens is 400 g/mol. The summed E-state index contributed by atoms with van der Waals surface area (Å²) in [5, 5.41) is 12.3. The lowest BCUT2D eigenvalue weighted by molar-refractivity contribution is -0.0116. The molecular formula is C20H29ClN2O6. The van der Waals surface area contributed by atoms with Gasteiger partial charge < -0.3 is 34.3 Å². The lowest BCUT2D eigenvalue weighted by Gasteiger charge is -2.37. The second kappa shape index (κ2) is 10.3. The third-order valence-corrected chi connectivity index (χ3v) is 5.69. The van der Waals surface area contributed by atoms with Gasteiger partial charge in [-0.25, -0.2) is 0 Å². The number of fused-ring (bicyclic) bond motifs is 1. The van der Waals surface area contributed by atoms with Crippen LogP contribution >= 0.6 is 11.6 Å². The van der Waals surface area contributed by atoms with Crippen molar-refractivity contribution in [2.75, 3.05) is 60.2 Å².